The average Bonchev–Trinajstić information content (AvgIpc) is 1.36. The van der Waals surface area contributed by atoms with Crippen LogP contribution in [-0.2, 0) is 44.6 Å². The normalized spacial score (nSPS) is 5.50. The van der Waals surface area contributed by atoms with E-state index in [-0.39, 0.29) is 35.0 Å². The molecular formula is C2NiO4V. The Morgan fingerprint density at radius 1 is 1.00 bits per heavy atom. The first-order valence-corrected chi connectivity index (χ1v) is 1.07. The largest absolute Gasteiger partial charge is 2.00 e. The van der Waals surface area contributed by atoms with Crippen LogP contribution in [0.15, 0.2) is 0 Å². The zero-order chi connectivity index (χ0) is 5.15. The average molecular weight is 198 g/mol. The summed E-state index contributed by atoms with van der Waals surface area (Å²) in [6, 6.07) is 0. The molecule has 0 bridgehead atoms. The Morgan fingerprint density at radius 2 is 1.12 bits per heavy atom. The van der Waals surface area contributed by atoms with Gasteiger partial charge in [-0.2, -0.15) is 0 Å². The van der Waals surface area contributed by atoms with Crippen molar-refractivity contribution < 1.29 is 54.8 Å². The molecule has 47 valence electrons. The zero-order valence-corrected chi connectivity index (χ0v) is 5.78. The molecule has 0 aliphatic carbocycles. The molecule has 0 aromatic rings. The quantitative estimate of drug-likeness (QED) is 0.298. The van der Waals surface area contributed by atoms with Gasteiger partial charge in [0.2, 0.25) is 0 Å². The van der Waals surface area contributed by atoms with Gasteiger partial charge in [0.1, 0.15) is 0 Å². The van der Waals surface area contributed by atoms with E-state index in [1.807, 2.05) is 0 Å². The predicted octanol–water partition coefficient (Wildman–Crippen LogP) is -3.52. The maximum Gasteiger partial charge on any atom is 2.00 e. The van der Waals surface area contributed by atoms with Crippen LogP contribution in [0.2, 0.25) is 0 Å². The van der Waals surface area contributed by atoms with Gasteiger partial charge in [-0.3, -0.25) is 0 Å². The van der Waals surface area contributed by atoms with Crippen molar-refractivity contribution in [2.45, 2.75) is 0 Å². The van der Waals surface area contributed by atoms with Gasteiger partial charge in [-0.1, -0.05) is 0 Å². The van der Waals surface area contributed by atoms with Crippen LogP contribution in [0.25, 0.3) is 0 Å². The van der Waals surface area contributed by atoms with E-state index in [4.69, 9.17) is 19.8 Å². The molecular weight excluding hydrogens is 198 g/mol. The maximum atomic E-state index is 8.93. The van der Waals surface area contributed by atoms with Crippen molar-refractivity contribution in [1.82, 2.24) is 0 Å². The van der Waals surface area contributed by atoms with E-state index < -0.39 is 11.9 Å². The first-order valence-electron chi connectivity index (χ1n) is 1.07. The molecule has 0 aromatic heterocycles. The van der Waals surface area contributed by atoms with Crippen LogP contribution in [0.1, 0.15) is 0 Å². The van der Waals surface area contributed by atoms with E-state index in [0.29, 0.717) is 0 Å². The molecule has 4 nitrogen and oxygen atoms in total. The third-order valence-corrected chi connectivity index (χ3v) is 0.167. The number of carboxylic acid groups (broad SMARTS) is 2. The fraction of sp³-hybridized carbons (Fsp3) is 0. The topological polar surface area (TPSA) is 80.3 Å². The first kappa shape index (κ1) is 15.7. The fourth-order valence-corrected chi connectivity index (χ4v) is 0. The van der Waals surface area contributed by atoms with Gasteiger partial charge in [0.15, 0.2) is 0 Å². The number of carbonyl (C=O) groups excluding carboxylic acids is 2. The molecule has 0 heterocycles. The number of hydrogen-bond acceptors (Lipinski definition) is 4. The standard InChI is InChI=1S/C2H2O4.Ni.V/c3-1(4)2(5)6;;/h(H,3,4)(H,5,6);;/q;+2;/p-2. The minimum Gasteiger partial charge on any atom is -0.543 e. The smallest absolute Gasteiger partial charge is 0.543 e. The summed E-state index contributed by atoms with van der Waals surface area (Å²) in [7, 11) is 0. The monoisotopic (exact) mass is 197 g/mol. The van der Waals surface area contributed by atoms with E-state index >= 15 is 0 Å². The Balaban J connectivity index is -0.000000125. The third kappa shape index (κ3) is 9.39. The third-order valence-electron chi connectivity index (χ3n) is 0.167. The van der Waals surface area contributed by atoms with Gasteiger partial charge in [0, 0.05) is 18.6 Å². The fourth-order valence-electron chi connectivity index (χ4n) is 0. The molecule has 0 aliphatic rings. The van der Waals surface area contributed by atoms with Crippen molar-refractivity contribution in [2.24, 2.45) is 0 Å². The van der Waals surface area contributed by atoms with E-state index in [9.17, 15) is 0 Å². The molecule has 0 rings (SSSR count). The first-order chi connectivity index (χ1) is 2.64. The van der Waals surface area contributed by atoms with E-state index in [2.05, 4.69) is 0 Å². The molecule has 0 aliphatic heterocycles. The van der Waals surface area contributed by atoms with Gasteiger partial charge in [0.05, 0.1) is 11.9 Å². The summed E-state index contributed by atoms with van der Waals surface area (Å²) < 4.78 is 0. The number of hydrogen-bond donors (Lipinski definition) is 0. The van der Waals surface area contributed by atoms with Gasteiger partial charge >= 0.3 is 16.5 Å². The van der Waals surface area contributed by atoms with Crippen molar-refractivity contribution in [3.63, 3.8) is 0 Å². The van der Waals surface area contributed by atoms with Crippen LogP contribution < -0.4 is 10.2 Å². The molecule has 8 heavy (non-hydrogen) atoms. The molecule has 0 unspecified atom stereocenters. The number of aliphatic carboxylic acids is 2. The minimum absolute atomic E-state index is 0. The summed E-state index contributed by atoms with van der Waals surface area (Å²) in [4.78, 5) is 17.9. The molecule has 0 saturated carbocycles. The summed E-state index contributed by atoms with van der Waals surface area (Å²) in [5.74, 6) is -4.37. The Labute approximate surface area is 67.1 Å². The molecule has 6 heteroatoms. The maximum absolute atomic E-state index is 8.93. The molecule has 1 radical (unpaired) electrons. The Bertz CT molecular complexity index is 80.0. The molecule has 0 atom stereocenters. The van der Waals surface area contributed by atoms with Gasteiger partial charge in [0.25, 0.3) is 0 Å². The molecule has 0 saturated heterocycles. The zero-order valence-electron chi connectivity index (χ0n) is 3.40. The van der Waals surface area contributed by atoms with Gasteiger partial charge < -0.3 is 19.8 Å². The summed E-state index contributed by atoms with van der Waals surface area (Å²) in [5, 5.41) is 17.9. The second kappa shape index (κ2) is 7.02. The van der Waals surface area contributed by atoms with Crippen molar-refractivity contribution in [2.75, 3.05) is 0 Å². The minimum atomic E-state index is -2.19. The predicted molar refractivity (Wildman–Crippen MR) is 10.0 cm³/mol. The Kier molecular flexibility index (Phi) is 13.8. The number of rotatable bonds is 0. The van der Waals surface area contributed by atoms with Crippen molar-refractivity contribution in [3.05, 3.63) is 0 Å². The summed E-state index contributed by atoms with van der Waals surface area (Å²) in [5.41, 5.74) is 0. The molecule has 0 spiro atoms. The molecule has 0 fully saturated rings. The van der Waals surface area contributed by atoms with Crippen LogP contribution in [0.5, 0.6) is 0 Å². The summed E-state index contributed by atoms with van der Waals surface area (Å²) >= 11 is 0. The SMILES string of the molecule is O=C([O-])C(=O)[O-].[Ni+2].[V]. The van der Waals surface area contributed by atoms with Gasteiger partial charge in [-0.05, 0) is 0 Å². The molecule has 0 amide bonds. The van der Waals surface area contributed by atoms with Gasteiger partial charge in [-0.15, -0.1) is 0 Å². The van der Waals surface area contributed by atoms with E-state index in [1.54, 1.807) is 0 Å². The van der Waals surface area contributed by atoms with Crippen LogP contribution >= 0.6 is 0 Å². The van der Waals surface area contributed by atoms with Crippen molar-refractivity contribution >= 4 is 11.9 Å². The van der Waals surface area contributed by atoms with Crippen molar-refractivity contribution in [3.8, 4) is 0 Å². The second-order valence-corrected chi connectivity index (χ2v) is 0.575. The summed E-state index contributed by atoms with van der Waals surface area (Å²) in [6.07, 6.45) is 0. The number of carbonyl (C=O) groups is 2. The Hall–Kier alpha value is 0.0179. The summed E-state index contributed by atoms with van der Waals surface area (Å²) in [6.45, 7) is 0. The molecule has 0 N–H and O–H groups in total. The van der Waals surface area contributed by atoms with Crippen LogP contribution in [0, 0.1) is 0 Å². The van der Waals surface area contributed by atoms with Gasteiger partial charge in [-0.25, -0.2) is 0 Å². The number of carboxylic acids is 2. The molecule has 0 aromatic carbocycles. The van der Waals surface area contributed by atoms with Crippen LogP contribution in [0.3, 0.4) is 0 Å². The van der Waals surface area contributed by atoms with E-state index in [1.165, 1.54) is 0 Å². The second-order valence-electron chi connectivity index (χ2n) is 0.575. The van der Waals surface area contributed by atoms with E-state index in [0.717, 1.165) is 0 Å². The van der Waals surface area contributed by atoms with Crippen LogP contribution in [-0.4, -0.2) is 11.9 Å². The Morgan fingerprint density at radius 3 is 1.12 bits per heavy atom. The van der Waals surface area contributed by atoms with Crippen molar-refractivity contribution in [1.29, 1.82) is 0 Å². The van der Waals surface area contributed by atoms with Crippen LogP contribution in [0.4, 0.5) is 0 Å².